The van der Waals surface area contributed by atoms with E-state index >= 15 is 0 Å². The molecule has 0 unspecified atom stereocenters. The summed E-state index contributed by atoms with van der Waals surface area (Å²) in [5.41, 5.74) is 12.3. The van der Waals surface area contributed by atoms with Crippen LogP contribution in [0.4, 0.5) is 11.8 Å². The van der Waals surface area contributed by atoms with Crippen molar-refractivity contribution in [3.05, 3.63) is 48.5 Å². The molecular formula is C16H18N6O. The van der Waals surface area contributed by atoms with E-state index in [0.717, 1.165) is 11.4 Å². The number of hydrogen-bond acceptors (Lipinski definition) is 6. The van der Waals surface area contributed by atoms with Gasteiger partial charge in [-0.3, -0.25) is 0 Å². The van der Waals surface area contributed by atoms with Gasteiger partial charge in [0.1, 0.15) is 11.6 Å². The molecule has 0 amide bonds. The second-order valence-electron chi connectivity index (χ2n) is 5.41. The summed E-state index contributed by atoms with van der Waals surface area (Å²) in [6.07, 6.45) is 7.12. The van der Waals surface area contributed by atoms with Crippen molar-refractivity contribution in [2.75, 3.05) is 11.5 Å². The number of aromatic nitrogens is 4. The maximum Gasteiger partial charge on any atom is 0.222 e. The first-order valence-corrected chi connectivity index (χ1v) is 7.23. The molecule has 0 spiro atoms. The zero-order chi connectivity index (χ0) is 16.4. The minimum Gasteiger partial charge on any atom is -0.451 e. The molecule has 0 saturated carbocycles. The fourth-order valence-electron chi connectivity index (χ4n) is 2.18. The van der Waals surface area contributed by atoms with Crippen LogP contribution in [0.25, 0.3) is 5.82 Å². The average molecular weight is 310 g/mol. The van der Waals surface area contributed by atoms with Gasteiger partial charge in [-0.05, 0) is 18.1 Å². The molecule has 0 aliphatic rings. The molecule has 0 fully saturated rings. The standard InChI is InChI=1S/C16H18N6O/c1-10(2)11-8-19-14(22-5-3-4-6-22)7-12(11)23-13-9-20-16(18)21-15(13)17/h3-10H,1-2H3,(H4,17,18,20,21). The van der Waals surface area contributed by atoms with Crippen molar-refractivity contribution in [2.45, 2.75) is 19.8 Å². The van der Waals surface area contributed by atoms with Gasteiger partial charge in [0.25, 0.3) is 0 Å². The SMILES string of the molecule is CC(C)c1cnc(-n2cccc2)cc1Oc1cnc(N)nc1N. The summed E-state index contributed by atoms with van der Waals surface area (Å²) in [5, 5.41) is 0. The van der Waals surface area contributed by atoms with Crippen LogP contribution in [0.15, 0.2) is 43.0 Å². The summed E-state index contributed by atoms with van der Waals surface area (Å²) in [5.74, 6) is 2.34. The van der Waals surface area contributed by atoms with E-state index in [9.17, 15) is 0 Å². The van der Waals surface area contributed by atoms with Crippen molar-refractivity contribution in [1.29, 1.82) is 0 Å². The van der Waals surface area contributed by atoms with Crippen molar-refractivity contribution in [1.82, 2.24) is 19.5 Å². The zero-order valence-corrected chi connectivity index (χ0v) is 13.0. The molecule has 23 heavy (non-hydrogen) atoms. The van der Waals surface area contributed by atoms with Gasteiger partial charge in [-0.15, -0.1) is 0 Å². The van der Waals surface area contributed by atoms with E-state index in [-0.39, 0.29) is 17.7 Å². The maximum atomic E-state index is 5.94. The van der Waals surface area contributed by atoms with Crippen LogP contribution in [0.1, 0.15) is 25.3 Å². The van der Waals surface area contributed by atoms with Crippen LogP contribution >= 0.6 is 0 Å². The van der Waals surface area contributed by atoms with Gasteiger partial charge in [0, 0.05) is 30.2 Å². The third-order valence-corrected chi connectivity index (χ3v) is 3.39. The highest BCUT2D eigenvalue weighted by atomic mass is 16.5. The van der Waals surface area contributed by atoms with Crippen molar-refractivity contribution in [2.24, 2.45) is 0 Å². The molecule has 0 aliphatic heterocycles. The Morgan fingerprint density at radius 2 is 1.78 bits per heavy atom. The maximum absolute atomic E-state index is 5.94. The molecule has 0 aromatic carbocycles. The van der Waals surface area contributed by atoms with Crippen LogP contribution in [-0.2, 0) is 0 Å². The number of pyridine rings is 1. The Balaban J connectivity index is 2.03. The third kappa shape index (κ3) is 3.08. The smallest absolute Gasteiger partial charge is 0.222 e. The second kappa shape index (κ2) is 5.96. The normalized spacial score (nSPS) is 10.9. The van der Waals surface area contributed by atoms with Crippen LogP contribution in [-0.4, -0.2) is 19.5 Å². The fraction of sp³-hybridized carbons (Fsp3) is 0.188. The molecule has 7 heteroatoms. The highest BCUT2D eigenvalue weighted by Gasteiger charge is 2.14. The van der Waals surface area contributed by atoms with E-state index < -0.39 is 0 Å². The number of nitrogens with zero attached hydrogens (tertiary/aromatic N) is 4. The number of nitrogens with two attached hydrogens (primary N) is 2. The second-order valence-corrected chi connectivity index (χ2v) is 5.41. The van der Waals surface area contributed by atoms with Gasteiger partial charge in [-0.25, -0.2) is 9.97 Å². The summed E-state index contributed by atoms with van der Waals surface area (Å²) >= 11 is 0. The number of ether oxygens (including phenoxy) is 1. The van der Waals surface area contributed by atoms with Crippen LogP contribution < -0.4 is 16.2 Å². The van der Waals surface area contributed by atoms with Gasteiger partial charge in [0.15, 0.2) is 11.6 Å². The Morgan fingerprint density at radius 3 is 2.43 bits per heavy atom. The number of hydrogen-bond donors (Lipinski definition) is 2. The lowest BCUT2D eigenvalue weighted by atomic mass is 10.0. The van der Waals surface area contributed by atoms with Gasteiger partial charge in [0.2, 0.25) is 5.95 Å². The van der Waals surface area contributed by atoms with Crippen LogP contribution in [0, 0.1) is 0 Å². The Labute approximate surface area is 134 Å². The molecule has 3 aromatic heterocycles. The lowest BCUT2D eigenvalue weighted by Gasteiger charge is -2.15. The van der Waals surface area contributed by atoms with Crippen LogP contribution in [0.3, 0.4) is 0 Å². The molecule has 0 radical (unpaired) electrons. The van der Waals surface area contributed by atoms with E-state index in [2.05, 4.69) is 28.8 Å². The van der Waals surface area contributed by atoms with E-state index in [4.69, 9.17) is 16.2 Å². The lowest BCUT2D eigenvalue weighted by Crippen LogP contribution is -2.04. The fourth-order valence-corrected chi connectivity index (χ4v) is 2.18. The van der Waals surface area contributed by atoms with E-state index in [1.54, 1.807) is 0 Å². The predicted octanol–water partition coefficient (Wildman–Crippen LogP) is 2.74. The van der Waals surface area contributed by atoms with Gasteiger partial charge in [-0.2, -0.15) is 4.98 Å². The van der Waals surface area contributed by atoms with Crippen molar-refractivity contribution in [3.8, 4) is 17.3 Å². The van der Waals surface area contributed by atoms with E-state index in [1.807, 2.05) is 41.4 Å². The topological polar surface area (TPSA) is 105 Å². The average Bonchev–Trinajstić information content (AvgIpc) is 3.04. The minimum atomic E-state index is 0.113. The summed E-state index contributed by atoms with van der Waals surface area (Å²) in [6.45, 7) is 4.14. The quantitative estimate of drug-likeness (QED) is 0.767. The Kier molecular flexibility index (Phi) is 3.84. The third-order valence-electron chi connectivity index (χ3n) is 3.39. The predicted molar refractivity (Wildman–Crippen MR) is 88.6 cm³/mol. The van der Waals surface area contributed by atoms with Gasteiger partial charge in [-0.1, -0.05) is 13.8 Å². The Morgan fingerprint density at radius 1 is 1.04 bits per heavy atom. The Hall–Kier alpha value is -3.09. The summed E-state index contributed by atoms with van der Waals surface area (Å²) in [6, 6.07) is 5.74. The highest BCUT2D eigenvalue weighted by molar-refractivity contribution is 5.51. The van der Waals surface area contributed by atoms with Crippen molar-refractivity contribution in [3.63, 3.8) is 0 Å². The van der Waals surface area contributed by atoms with Crippen molar-refractivity contribution < 1.29 is 4.74 Å². The largest absolute Gasteiger partial charge is 0.451 e. The lowest BCUT2D eigenvalue weighted by molar-refractivity contribution is 0.470. The minimum absolute atomic E-state index is 0.113. The molecule has 3 aromatic rings. The molecule has 3 rings (SSSR count). The van der Waals surface area contributed by atoms with Gasteiger partial charge in [0.05, 0.1) is 6.20 Å². The molecule has 0 atom stereocenters. The van der Waals surface area contributed by atoms with Crippen molar-refractivity contribution >= 4 is 11.8 Å². The molecule has 7 nitrogen and oxygen atoms in total. The highest BCUT2D eigenvalue weighted by Crippen LogP contribution is 2.33. The molecule has 118 valence electrons. The van der Waals surface area contributed by atoms with E-state index in [0.29, 0.717) is 11.5 Å². The summed E-state index contributed by atoms with van der Waals surface area (Å²) in [4.78, 5) is 12.3. The van der Waals surface area contributed by atoms with Gasteiger partial charge < -0.3 is 20.8 Å². The van der Waals surface area contributed by atoms with Crippen LogP contribution in [0.5, 0.6) is 11.5 Å². The van der Waals surface area contributed by atoms with Gasteiger partial charge >= 0.3 is 0 Å². The van der Waals surface area contributed by atoms with Crippen LogP contribution in [0.2, 0.25) is 0 Å². The monoisotopic (exact) mass is 310 g/mol. The number of anilines is 2. The first-order chi connectivity index (χ1) is 11.0. The molecule has 0 aliphatic carbocycles. The molecule has 0 bridgehead atoms. The summed E-state index contributed by atoms with van der Waals surface area (Å²) in [7, 11) is 0. The molecular weight excluding hydrogens is 292 g/mol. The zero-order valence-electron chi connectivity index (χ0n) is 13.0. The number of rotatable bonds is 4. The Bertz CT molecular complexity index is 813. The number of nitrogen functional groups attached to an aromatic ring is 2. The first-order valence-electron chi connectivity index (χ1n) is 7.23. The van der Waals surface area contributed by atoms with E-state index in [1.165, 1.54) is 6.20 Å². The molecule has 4 N–H and O–H groups in total. The summed E-state index contributed by atoms with van der Waals surface area (Å²) < 4.78 is 7.84. The molecule has 3 heterocycles. The molecule has 0 saturated heterocycles. The first kappa shape index (κ1) is 14.8.